The predicted octanol–water partition coefficient (Wildman–Crippen LogP) is 2.71. The number of hydrogen-bond donors (Lipinski definition) is 0. The lowest BCUT2D eigenvalue weighted by molar-refractivity contribution is 0.155. The minimum absolute atomic E-state index is 0.293. The summed E-state index contributed by atoms with van der Waals surface area (Å²) < 4.78 is 22.1. The zero-order valence-electron chi connectivity index (χ0n) is 13.9. The third-order valence-corrected chi connectivity index (χ3v) is 4.46. The Morgan fingerprint density at radius 3 is 2.74 bits per heavy atom. The molecule has 0 aliphatic rings. The van der Waals surface area contributed by atoms with E-state index in [0.29, 0.717) is 29.2 Å². The van der Waals surface area contributed by atoms with Crippen LogP contribution in [0.15, 0.2) is 22.9 Å². The van der Waals surface area contributed by atoms with E-state index in [2.05, 4.69) is 14.4 Å². The van der Waals surface area contributed by atoms with Crippen LogP contribution in [0.1, 0.15) is 40.4 Å². The molecule has 0 aliphatic heterocycles. The van der Waals surface area contributed by atoms with Crippen molar-refractivity contribution in [3.05, 3.63) is 24.3 Å². The minimum Gasteiger partial charge on any atom is -0.449 e. The lowest BCUT2D eigenvalue weighted by Gasteiger charge is -2.13. The Morgan fingerprint density at radius 1 is 1.43 bits per heavy atom. The Labute approximate surface area is 137 Å². The summed E-state index contributed by atoms with van der Waals surface area (Å²) in [5, 5.41) is 0. The van der Waals surface area contributed by atoms with Gasteiger partial charge in [-0.05, 0) is 40.7 Å². The molecule has 0 aromatic carbocycles. The van der Waals surface area contributed by atoms with E-state index in [1.165, 1.54) is 10.8 Å². The SMILES string of the molecule is CCOC(=O)n1ccc2nc(C(C)=N[S@](=O)C(C)(C)C)ncc21. The molecule has 0 aliphatic carbocycles. The minimum atomic E-state index is -1.38. The molecule has 0 unspecified atom stereocenters. The van der Waals surface area contributed by atoms with E-state index in [1.54, 1.807) is 26.1 Å². The monoisotopic (exact) mass is 336 g/mol. The number of aromatic nitrogens is 3. The quantitative estimate of drug-likeness (QED) is 0.804. The molecule has 0 saturated heterocycles. The fraction of sp³-hybridized carbons (Fsp3) is 0.467. The van der Waals surface area contributed by atoms with Crippen LogP contribution in [0, 0.1) is 0 Å². The number of carbonyl (C=O) groups is 1. The number of rotatable bonds is 3. The Morgan fingerprint density at radius 2 is 2.13 bits per heavy atom. The first kappa shape index (κ1) is 17.3. The number of fused-ring (bicyclic) bond motifs is 1. The van der Waals surface area contributed by atoms with Crippen LogP contribution in [0.3, 0.4) is 0 Å². The summed E-state index contributed by atoms with van der Waals surface area (Å²) in [6.07, 6.45) is 2.65. The molecule has 0 amide bonds. The Bertz CT molecular complexity index is 790. The van der Waals surface area contributed by atoms with Crippen molar-refractivity contribution in [2.24, 2.45) is 4.40 Å². The molecule has 2 rings (SSSR count). The van der Waals surface area contributed by atoms with Crippen molar-refractivity contribution in [2.45, 2.75) is 39.4 Å². The highest BCUT2D eigenvalue weighted by Gasteiger charge is 2.20. The summed E-state index contributed by atoms with van der Waals surface area (Å²) in [7, 11) is -1.38. The average molecular weight is 336 g/mol. The van der Waals surface area contributed by atoms with Crippen molar-refractivity contribution in [2.75, 3.05) is 6.61 Å². The highest BCUT2D eigenvalue weighted by atomic mass is 32.2. The molecule has 2 aromatic heterocycles. The largest absolute Gasteiger partial charge is 0.449 e. The Kier molecular flexibility index (Phi) is 4.93. The van der Waals surface area contributed by atoms with Crippen molar-refractivity contribution in [3.8, 4) is 0 Å². The average Bonchev–Trinajstić information content (AvgIpc) is 2.89. The normalized spacial score (nSPS) is 14.0. The Hall–Kier alpha value is -2.09. The molecule has 2 aromatic rings. The number of ether oxygens (including phenoxy) is 1. The van der Waals surface area contributed by atoms with E-state index < -0.39 is 21.8 Å². The van der Waals surface area contributed by atoms with E-state index in [0.717, 1.165) is 0 Å². The van der Waals surface area contributed by atoms with Crippen LogP contribution < -0.4 is 0 Å². The third-order valence-electron chi connectivity index (χ3n) is 2.97. The molecule has 0 bridgehead atoms. The smallest absolute Gasteiger partial charge is 0.418 e. The first-order valence-corrected chi connectivity index (χ1v) is 8.33. The highest BCUT2D eigenvalue weighted by molar-refractivity contribution is 7.85. The molecule has 23 heavy (non-hydrogen) atoms. The topological polar surface area (TPSA) is 86.4 Å². The van der Waals surface area contributed by atoms with Gasteiger partial charge >= 0.3 is 6.09 Å². The van der Waals surface area contributed by atoms with Gasteiger partial charge in [-0.25, -0.2) is 23.5 Å². The van der Waals surface area contributed by atoms with Crippen LogP contribution in [-0.2, 0) is 15.7 Å². The predicted molar refractivity (Wildman–Crippen MR) is 90.1 cm³/mol. The summed E-state index contributed by atoms with van der Waals surface area (Å²) in [4.78, 5) is 20.4. The summed E-state index contributed by atoms with van der Waals surface area (Å²) in [6.45, 7) is 9.30. The second-order valence-corrected chi connectivity index (χ2v) is 7.79. The molecule has 2 heterocycles. The van der Waals surface area contributed by atoms with Gasteiger partial charge in [0.2, 0.25) is 0 Å². The van der Waals surface area contributed by atoms with Crippen LogP contribution in [0.5, 0.6) is 0 Å². The molecule has 0 saturated carbocycles. The van der Waals surface area contributed by atoms with Crippen molar-refractivity contribution in [1.29, 1.82) is 0 Å². The van der Waals surface area contributed by atoms with Gasteiger partial charge in [-0.15, -0.1) is 0 Å². The first-order chi connectivity index (χ1) is 10.7. The zero-order chi connectivity index (χ0) is 17.2. The van der Waals surface area contributed by atoms with E-state index in [9.17, 15) is 9.00 Å². The molecule has 0 fully saturated rings. The number of carbonyl (C=O) groups excluding carboxylic acids is 1. The second-order valence-electron chi connectivity index (χ2n) is 5.89. The lowest BCUT2D eigenvalue weighted by atomic mass is 10.3. The van der Waals surface area contributed by atoms with E-state index >= 15 is 0 Å². The summed E-state index contributed by atoms with van der Waals surface area (Å²) in [6, 6.07) is 1.70. The summed E-state index contributed by atoms with van der Waals surface area (Å²) in [5.74, 6) is 0.386. The molecule has 0 radical (unpaired) electrons. The van der Waals surface area contributed by atoms with Gasteiger partial charge in [-0.3, -0.25) is 0 Å². The van der Waals surface area contributed by atoms with Crippen LogP contribution in [0.4, 0.5) is 4.79 Å². The van der Waals surface area contributed by atoms with Crippen LogP contribution in [0.2, 0.25) is 0 Å². The maximum Gasteiger partial charge on any atom is 0.418 e. The number of nitrogens with zero attached hydrogens (tertiary/aromatic N) is 4. The number of hydrogen-bond acceptors (Lipinski definition) is 5. The van der Waals surface area contributed by atoms with Gasteiger partial charge in [0.1, 0.15) is 11.0 Å². The highest BCUT2D eigenvalue weighted by Crippen LogP contribution is 2.16. The van der Waals surface area contributed by atoms with Crippen molar-refractivity contribution >= 4 is 33.8 Å². The lowest BCUT2D eigenvalue weighted by Crippen LogP contribution is -2.21. The van der Waals surface area contributed by atoms with Crippen LogP contribution >= 0.6 is 0 Å². The summed E-state index contributed by atoms with van der Waals surface area (Å²) in [5.41, 5.74) is 1.64. The van der Waals surface area contributed by atoms with Crippen molar-refractivity contribution in [3.63, 3.8) is 0 Å². The van der Waals surface area contributed by atoms with Gasteiger partial charge in [-0.2, -0.15) is 4.40 Å². The standard InChI is InChI=1S/C15H20N4O3S/c1-6-22-14(20)19-8-7-11-12(19)9-16-13(17-11)10(2)18-23(21)15(3,4)5/h7-9H,6H2,1-5H3/t23-/m1/s1. The molecule has 8 heteroatoms. The molecule has 124 valence electrons. The maximum absolute atomic E-state index is 12.1. The van der Waals surface area contributed by atoms with E-state index in [1.807, 2.05) is 20.8 Å². The van der Waals surface area contributed by atoms with E-state index in [-0.39, 0.29) is 0 Å². The van der Waals surface area contributed by atoms with Crippen LogP contribution in [-0.4, -0.2) is 41.9 Å². The molecule has 0 N–H and O–H groups in total. The van der Waals surface area contributed by atoms with E-state index in [4.69, 9.17) is 4.74 Å². The zero-order valence-corrected chi connectivity index (χ0v) is 14.7. The molecule has 0 spiro atoms. The van der Waals surface area contributed by atoms with Crippen LogP contribution in [0.25, 0.3) is 11.0 Å². The Balaban J connectivity index is 2.37. The fourth-order valence-electron chi connectivity index (χ4n) is 1.75. The first-order valence-electron chi connectivity index (χ1n) is 7.23. The molecule has 1 atom stereocenters. The summed E-state index contributed by atoms with van der Waals surface area (Å²) >= 11 is 0. The maximum atomic E-state index is 12.1. The molecular formula is C15H20N4O3S. The fourth-order valence-corrected chi connectivity index (χ4v) is 2.36. The van der Waals surface area contributed by atoms with Crippen molar-refractivity contribution < 1.29 is 13.7 Å². The van der Waals surface area contributed by atoms with Gasteiger partial charge in [0, 0.05) is 6.20 Å². The molecular weight excluding hydrogens is 316 g/mol. The van der Waals surface area contributed by atoms with Gasteiger partial charge in [-0.1, -0.05) is 0 Å². The van der Waals surface area contributed by atoms with Crippen molar-refractivity contribution in [1.82, 2.24) is 14.5 Å². The molecule has 7 nitrogen and oxygen atoms in total. The second kappa shape index (κ2) is 6.57. The van der Waals surface area contributed by atoms with Gasteiger partial charge in [0.15, 0.2) is 5.82 Å². The van der Waals surface area contributed by atoms with Gasteiger partial charge < -0.3 is 4.74 Å². The van der Waals surface area contributed by atoms with Gasteiger partial charge in [0.05, 0.1) is 34.3 Å². The third kappa shape index (κ3) is 3.82. The van der Waals surface area contributed by atoms with Gasteiger partial charge in [0.25, 0.3) is 0 Å².